The summed E-state index contributed by atoms with van der Waals surface area (Å²) < 4.78 is 34.8. The molecular formula is C45H54N2O14. The van der Waals surface area contributed by atoms with Crippen molar-refractivity contribution in [1.82, 2.24) is 5.32 Å². The predicted molar refractivity (Wildman–Crippen MR) is 218 cm³/mol. The minimum atomic E-state index is -1.78. The van der Waals surface area contributed by atoms with Crippen LogP contribution in [0.5, 0.6) is 11.5 Å². The third-order valence-electron chi connectivity index (χ3n) is 10.8. The number of aldehydes is 1. The molecule has 2 aliphatic heterocycles. The van der Waals surface area contributed by atoms with Gasteiger partial charge in [-0.2, -0.15) is 0 Å². The molecule has 0 radical (unpaired) electrons. The standard InChI is InChI=1S/C45H54N2O14/c1-26(30-10-6-3-7-11-30)36(46)43(55)47-31(21-48)20-27-12-18-33(19-13-27)58-44-41(54)39(52)42(34(22-49)59-44)61-45-40(53)38(51)37(50)35(60-45)25-56-23-29-14-16-32(17-15-29)57-24-28-8-4-2-5-9-28/h2-19,21,26,31,34-42,44-45,49-54H,20,22-25,46H2,1H3,(H,47,55). The fourth-order valence-corrected chi connectivity index (χ4v) is 7.05. The molecule has 16 nitrogen and oxygen atoms in total. The number of aliphatic hydroxyl groups is 6. The number of nitrogens with one attached hydrogen (secondary N) is 1. The summed E-state index contributed by atoms with van der Waals surface area (Å²) in [5, 5.41) is 67.1. The van der Waals surface area contributed by atoms with Gasteiger partial charge in [0.1, 0.15) is 73.2 Å². The lowest BCUT2D eigenvalue weighted by molar-refractivity contribution is -0.353. The van der Waals surface area contributed by atoms with Crippen LogP contribution in [0.2, 0.25) is 0 Å². The first-order valence-corrected chi connectivity index (χ1v) is 20.1. The van der Waals surface area contributed by atoms with Gasteiger partial charge in [0.15, 0.2) is 6.29 Å². The van der Waals surface area contributed by atoms with Gasteiger partial charge in [-0.25, -0.2) is 0 Å². The molecule has 13 unspecified atom stereocenters. The summed E-state index contributed by atoms with van der Waals surface area (Å²) in [6.45, 7) is 1.45. The Balaban J connectivity index is 0.983. The number of nitrogens with two attached hydrogens (primary N) is 1. The van der Waals surface area contributed by atoms with E-state index in [-0.39, 0.29) is 31.3 Å². The SMILES string of the molecule is CC(c1ccccc1)C(N)C(=O)NC(C=O)Cc1ccc(OC2OC(CO)C(OC3OC(COCc4ccc(OCc5ccccc5)cc4)C(O)C(O)C3O)C(O)C2O)cc1. The molecule has 328 valence electrons. The Morgan fingerprint density at radius 1 is 0.721 bits per heavy atom. The van der Waals surface area contributed by atoms with E-state index in [2.05, 4.69) is 5.32 Å². The number of carbonyl (C=O) groups is 2. The zero-order valence-electron chi connectivity index (χ0n) is 33.5. The van der Waals surface area contributed by atoms with Crippen LogP contribution >= 0.6 is 0 Å². The molecular weight excluding hydrogens is 792 g/mol. The Bertz CT molecular complexity index is 1940. The Morgan fingerprint density at radius 3 is 1.97 bits per heavy atom. The first kappa shape index (κ1) is 45.7. The first-order chi connectivity index (χ1) is 29.4. The maximum absolute atomic E-state index is 12.9. The van der Waals surface area contributed by atoms with Crippen molar-refractivity contribution in [3.8, 4) is 11.5 Å². The minimum absolute atomic E-state index is 0.120. The van der Waals surface area contributed by atoms with E-state index in [9.17, 15) is 40.2 Å². The van der Waals surface area contributed by atoms with E-state index < -0.39 is 86.0 Å². The third kappa shape index (κ3) is 12.0. The monoisotopic (exact) mass is 846 g/mol. The van der Waals surface area contributed by atoms with Crippen LogP contribution < -0.4 is 20.5 Å². The molecule has 2 saturated heterocycles. The summed E-state index contributed by atoms with van der Waals surface area (Å²) >= 11 is 0. The molecule has 0 saturated carbocycles. The second-order valence-corrected chi connectivity index (χ2v) is 15.2. The topological polar surface area (TPSA) is 249 Å². The second kappa shape index (κ2) is 21.8. The fourth-order valence-electron chi connectivity index (χ4n) is 7.05. The fraction of sp³-hybridized carbons (Fsp3) is 0.422. The number of amides is 1. The molecule has 9 N–H and O–H groups in total. The van der Waals surface area contributed by atoms with Crippen LogP contribution in [0.3, 0.4) is 0 Å². The molecule has 1 amide bonds. The highest BCUT2D eigenvalue weighted by atomic mass is 16.7. The molecule has 0 spiro atoms. The van der Waals surface area contributed by atoms with Crippen LogP contribution in [0, 0.1) is 0 Å². The summed E-state index contributed by atoms with van der Waals surface area (Å²) in [6, 6.07) is 31.0. The van der Waals surface area contributed by atoms with Crippen LogP contribution in [-0.2, 0) is 48.2 Å². The summed E-state index contributed by atoms with van der Waals surface area (Å²) in [5.74, 6) is 0.124. The Hall–Kier alpha value is -4.82. The summed E-state index contributed by atoms with van der Waals surface area (Å²) in [7, 11) is 0. The Morgan fingerprint density at radius 2 is 1.31 bits per heavy atom. The van der Waals surface area contributed by atoms with Crippen LogP contribution in [0.4, 0.5) is 0 Å². The molecule has 0 aromatic heterocycles. The number of aliphatic hydroxyl groups excluding tert-OH is 6. The maximum Gasteiger partial charge on any atom is 0.238 e. The highest BCUT2D eigenvalue weighted by molar-refractivity contribution is 5.85. The van der Waals surface area contributed by atoms with Gasteiger partial charge >= 0.3 is 0 Å². The molecule has 2 heterocycles. The van der Waals surface area contributed by atoms with Crippen molar-refractivity contribution in [2.75, 3.05) is 13.2 Å². The second-order valence-electron chi connectivity index (χ2n) is 15.2. The third-order valence-corrected chi connectivity index (χ3v) is 10.8. The van der Waals surface area contributed by atoms with Crippen molar-refractivity contribution in [3.05, 3.63) is 131 Å². The van der Waals surface area contributed by atoms with E-state index >= 15 is 0 Å². The molecule has 13 atom stereocenters. The maximum atomic E-state index is 12.9. The normalized spacial score (nSPS) is 27.9. The van der Waals surface area contributed by atoms with Gasteiger partial charge in [-0.3, -0.25) is 4.79 Å². The number of carbonyl (C=O) groups excluding carboxylic acids is 2. The molecule has 0 bridgehead atoms. The quantitative estimate of drug-likeness (QED) is 0.0610. The lowest BCUT2D eigenvalue weighted by atomic mass is 9.93. The largest absolute Gasteiger partial charge is 0.489 e. The summed E-state index contributed by atoms with van der Waals surface area (Å²) in [4.78, 5) is 24.8. The van der Waals surface area contributed by atoms with E-state index in [0.717, 1.165) is 16.7 Å². The van der Waals surface area contributed by atoms with E-state index in [4.69, 9.17) is 34.2 Å². The average molecular weight is 847 g/mol. The van der Waals surface area contributed by atoms with Gasteiger partial charge in [0.2, 0.25) is 12.2 Å². The average Bonchev–Trinajstić information content (AvgIpc) is 3.29. The van der Waals surface area contributed by atoms with Crippen molar-refractivity contribution in [3.63, 3.8) is 0 Å². The van der Waals surface area contributed by atoms with Crippen molar-refractivity contribution in [1.29, 1.82) is 0 Å². The van der Waals surface area contributed by atoms with Crippen molar-refractivity contribution in [2.24, 2.45) is 5.73 Å². The number of benzene rings is 4. The van der Waals surface area contributed by atoms with E-state index in [1.165, 1.54) is 0 Å². The van der Waals surface area contributed by atoms with Gasteiger partial charge in [0.05, 0.1) is 31.9 Å². The van der Waals surface area contributed by atoms with Gasteiger partial charge in [-0.15, -0.1) is 0 Å². The van der Waals surface area contributed by atoms with Crippen LogP contribution in [0.1, 0.15) is 35.1 Å². The number of hydrogen-bond donors (Lipinski definition) is 8. The highest BCUT2D eigenvalue weighted by Gasteiger charge is 2.51. The highest BCUT2D eigenvalue weighted by Crippen LogP contribution is 2.31. The Labute approximate surface area is 353 Å². The molecule has 2 aliphatic rings. The van der Waals surface area contributed by atoms with Gasteiger partial charge in [-0.05, 0) is 52.9 Å². The van der Waals surface area contributed by atoms with Crippen molar-refractivity contribution in [2.45, 2.75) is 106 Å². The van der Waals surface area contributed by atoms with Gasteiger partial charge in [0.25, 0.3) is 0 Å². The summed E-state index contributed by atoms with van der Waals surface area (Å²) in [5.41, 5.74) is 9.60. The predicted octanol–water partition coefficient (Wildman–Crippen LogP) is 0.850. The molecule has 6 rings (SSSR count). The van der Waals surface area contributed by atoms with E-state index in [0.29, 0.717) is 24.2 Å². The van der Waals surface area contributed by atoms with Crippen molar-refractivity contribution < 1.29 is 68.6 Å². The summed E-state index contributed by atoms with van der Waals surface area (Å²) in [6.07, 6.45) is -14.8. The van der Waals surface area contributed by atoms with E-state index in [1.54, 1.807) is 36.4 Å². The first-order valence-electron chi connectivity index (χ1n) is 20.1. The zero-order chi connectivity index (χ0) is 43.5. The minimum Gasteiger partial charge on any atom is -0.489 e. The number of hydrogen-bond acceptors (Lipinski definition) is 15. The van der Waals surface area contributed by atoms with Gasteiger partial charge < -0.3 is 74.9 Å². The van der Waals surface area contributed by atoms with Crippen LogP contribution in [0.25, 0.3) is 0 Å². The lowest BCUT2D eigenvalue weighted by Gasteiger charge is -2.46. The Kier molecular flexibility index (Phi) is 16.3. The molecule has 4 aromatic carbocycles. The van der Waals surface area contributed by atoms with Gasteiger partial charge in [0, 0.05) is 5.92 Å². The smallest absolute Gasteiger partial charge is 0.238 e. The van der Waals surface area contributed by atoms with Gasteiger partial charge in [-0.1, -0.05) is 91.9 Å². The molecule has 4 aromatic rings. The zero-order valence-corrected chi connectivity index (χ0v) is 33.5. The molecule has 16 heteroatoms. The lowest BCUT2D eigenvalue weighted by Crippen LogP contribution is -2.65. The molecule has 61 heavy (non-hydrogen) atoms. The van der Waals surface area contributed by atoms with E-state index in [1.807, 2.05) is 79.7 Å². The number of rotatable bonds is 19. The molecule has 0 aliphatic carbocycles. The van der Waals surface area contributed by atoms with Crippen LogP contribution in [-0.4, -0.2) is 130 Å². The number of ether oxygens (including phenoxy) is 6. The molecule has 2 fully saturated rings. The van der Waals surface area contributed by atoms with Crippen LogP contribution in [0.15, 0.2) is 109 Å². The van der Waals surface area contributed by atoms with Crippen molar-refractivity contribution >= 4 is 12.2 Å².